The van der Waals surface area contributed by atoms with Crippen molar-refractivity contribution in [3.05, 3.63) is 34.9 Å². The van der Waals surface area contributed by atoms with Crippen LogP contribution >= 0.6 is 11.6 Å². The maximum Gasteiger partial charge on any atom is 0.225 e. The van der Waals surface area contributed by atoms with Gasteiger partial charge in [-0.2, -0.15) is 0 Å². The van der Waals surface area contributed by atoms with Gasteiger partial charge in [-0.05, 0) is 24.5 Å². The van der Waals surface area contributed by atoms with Crippen LogP contribution in [0.1, 0.15) is 31.2 Å². The van der Waals surface area contributed by atoms with Crippen molar-refractivity contribution in [3.63, 3.8) is 0 Å². The van der Waals surface area contributed by atoms with E-state index in [1.54, 1.807) is 0 Å². The molecule has 0 unspecified atom stereocenters. The molecule has 0 atom stereocenters. The minimum atomic E-state index is 0.306. The number of carbonyl (C=O) groups is 1. The number of hydrogen-bond acceptors (Lipinski definition) is 2. The molecule has 2 fully saturated rings. The first-order chi connectivity index (χ1) is 10.2. The van der Waals surface area contributed by atoms with Gasteiger partial charge in [0.15, 0.2) is 0 Å². The van der Waals surface area contributed by atoms with E-state index in [0.717, 1.165) is 50.6 Å². The van der Waals surface area contributed by atoms with Gasteiger partial charge in [-0.25, -0.2) is 0 Å². The van der Waals surface area contributed by atoms with Crippen LogP contribution in [0.3, 0.4) is 0 Å². The van der Waals surface area contributed by atoms with Crippen molar-refractivity contribution in [1.82, 2.24) is 9.80 Å². The second-order valence-electron chi connectivity index (χ2n) is 6.17. The van der Waals surface area contributed by atoms with Gasteiger partial charge in [-0.1, -0.05) is 42.6 Å². The quantitative estimate of drug-likeness (QED) is 0.856. The monoisotopic (exact) mass is 306 g/mol. The molecule has 3 nitrogen and oxygen atoms in total. The van der Waals surface area contributed by atoms with E-state index in [4.69, 9.17) is 11.6 Å². The average molecular weight is 307 g/mol. The minimum absolute atomic E-state index is 0.306. The third kappa shape index (κ3) is 3.58. The molecule has 0 bridgehead atoms. The predicted molar refractivity (Wildman–Crippen MR) is 85.3 cm³/mol. The van der Waals surface area contributed by atoms with Crippen LogP contribution in [0.4, 0.5) is 0 Å². The molecule has 0 radical (unpaired) electrons. The van der Waals surface area contributed by atoms with E-state index in [9.17, 15) is 4.79 Å². The summed E-state index contributed by atoms with van der Waals surface area (Å²) >= 11 is 6.22. The fraction of sp³-hybridized carbons (Fsp3) is 0.588. The molecule has 0 spiro atoms. The summed E-state index contributed by atoms with van der Waals surface area (Å²) in [5, 5.41) is 0.835. The average Bonchev–Trinajstić information content (AvgIpc) is 3.04. The molecule has 0 N–H and O–H groups in total. The fourth-order valence-corrected chi connectivity index (χ4v) is 3.62. The number of hydrogen-bond donors (Lipinski definition) is 0. The van der Waals surface area contributed by atoms with Crippen molar-refractivity contribution in [3.8, 4) is 0 Å². The zero-order valence-corrected chi connectivity index (χ0v) is 13.2. The molecule has 4 heteroatoms. The number of rotatable bonds is 3. The summed E-state index contributed by atoms with van der Waals surface area (Å²) in [6, 6.07) is 8.01. The number of piperazine rings is 1. The Hall–Kier alpha value is -1.06. The van der Waals surface area contributed by atoms with E-state index < -0.39 is 0 Å². The summed E-state index contributed by atoms with van der Waals surface area (Å²) < 4.78 is 0. The Labute approximate surface area is 131 Å². The Morgan fingerprint density at radius 1 is 1.10 bits per heavy atom. The molecule has 1 saturated carbocycles. The van der Waals surface area contributed by atoms with Crippen LogP contribution in [0.2, 0.25) is 5.02 Å². The van der Waals surface area contributed by atoms with E-state index in [1.165, 1.54) is 18.4 Å². The van der Waals surface area contributed by atoms with Gasteiger partial charge in [0.1, 0.15) is 0 Å². The van der Waals surface area contributed by atoms with Crippen molar-refractivity contribution in [2.75, 3.05) is 26.2 Å². The lowest BCUT2D eigenvalue weighted by atomic mass is 10.1. The Morgan fingerprint density at radius 2 is 1.76 bits per heavy atom. The lowest BCUT2D eigenvalue weighted by Crippen LogP contribution is -2.49. The number of benzene rings is 1. The SMILES string of the molecule is O=C(C1CCCC1)N1CCN(Cc2ccccc2Cl)CC1. The molecule has 1 amide bonds. The van der Waals surface area contributed by atoms with Crippen molar-refractivity contribution < 1.29 is 4.79 Å². The number of amides is 1. The maximum absolute atomic E-state index is 12.4. The molecule has 1 saturated heterocycles. The molecule has 21 heavy (non-hydrogen) atoms. The van der Waals surface area contributed by atoms with Crippen LogP contribution < -0.4 is 0 Å². The number of halogens is 1. The zero-order valence-electron chi connectivity index (χ0n) is 12.4. The summed E-state index contributed by atoms with van der Waals surface area (Å²) in [7, 11) is 0. The molecule has 3 rings (SSSR count). The van der Waals surface area contributed by atoms with Crippen molar-refractivity contribution in [2.24, 2.45) is 5.92 Å². The second kappa shape index (κ2) is 6.80. The van der Waals surface area contributed by atoms with Crippen LogP contribution in [-0.2, 0) is 11.3 Å². The molecule has 114 valence electrons. The number of nitrogens with zero attached hydrogens (tertiary/aromatic N) is 2. The molecule has 1 aliphatic heterocycles. The van der Waals surface area contributed by atoms with Gasteiger partial charge in [-0.3, -0.25) is 9.69 Å². The van der Waals surface area contributed by atoms with Gasteiger partial charge < -0.3 is 4.90 Å². The summed E-state index contributed by atoms with van der Waals surface area (Å²) in [6.07, 6.45) is 4.64. The molecular formula is C17H23ClN2O. The van der Waals surface area contributed by atoms with Gasteiger partial charge in [0.2, 0.25) is 5.91 Å². The Bertz CT molecular complexity index is 491. The highest BCUT2D eigenvalue weighted by Gasteiger charge is 2.29. The molecule has 1 aliphatic carbocycles. The third-order valence-electron chi connectivity index (χ3n) is 4.74. The Balaban J connectivity index is 1.51. The van der Waals surface area contributed by atoms with E-state index in [0.29, 0.717) is 11.8 Å². The first-order valence-electron chi connectivity index (χ1n) is 7.98. The zero-order chi connectivity index (χ0) is 14.7. The normalized spacial score (nSPS) is 20.9. The van der Waals surface area contributed by atoms with Gasteiger partial charge in [0.25, 0.3) is 0 Å². The maximum atomic E-state index is 12.4. The lowest BCUT2D eigenvalue weighted by Gasteiger charge is -2.36. The number of carbonyl (C=O) groups excluding carboxylic acids is 1. The first-order valence-corrected chi connectivity index (χ1v) is 8.36. The van der Waals surface area contributed by atoms with Crippen LogP contribution in [0.15, 0.2) is 24.3 Å². The second-order valence-corrected chi connectivity index (χ2v) is 6.58. The molecule has 1 heterocycles. The van der Waals surface area contributed by atoms with Crippen molar-refractivity contribution in [2.45, 2.75) is 32.2 Å². The molecule has 0 aromatic heterocycles. The highest BCUT2D eigenvalue weighted by atomic mass is 35.5. The lowest BCUT2D eigenvalue weighted by molar-refractivity contribution is -0.137. The van der Waals surface area contributed by atoms with Crippen LogP contribution in [0, 0.1) is 5.92 Å². The molecule has 1 aromatic carbocycles. The van der Waals surface area contributed by atoms with E-state index in [1.807, 2.05) is 18.2 Å². The highest BCUT2D eigenvalue weighted by Crippen LogP contribution is 2.27. The topological polar surface area (TPSA) is 23.6 Å². The Morgan fingerprint density at radius 3 is 2.43 bits per heavy atom. The van der Waals surface area contributed by atoms with Crippen LogP contribution in [0.25, 0.3) is 0 Å². The Kier molecular flexibility index (Phi) is 4.81. The third-order valence-corrected chi connectivity index (χ3v) is 5.11. The summed E-state index contributed by atoms with van der Waals surface area (Å²) in [4.78, 5) is 16.9. The minimum Gasteiger partial charge on any atom is -0.340 e. The summed E-state index contributed by atoms with van der Waals surface area (Å²) in [6.45, 7) is 4.50. The molecular weight excluding hydrogens is 284 g/mol. The van der Waals surface area contributed by atoms with Gasteiger partial charge in [0, 0.05) is 43.7 Å². The fourth-order valence-electron chi connectivity index (χ4n) is 3.42. The smallest absolute Gasteiger partial charge is 0.225 e. The van der Waals surface area contributed by atoms with Gasteiger partial charge in [0.05, 0.1) is 0 Å². The van der Waals surface area contributed by atoms with E-state index in [-0.39, 0.29) is 0 Å². The van der Waals surface area contributed by atoms with E-state index in [2.05, 4.69) is 15.9 Å². The standard InChI is InChI=1S/C17H23ClN2O/c18-16-8-4-3-7-15(16)13-19-9-11-20(12-10-19)17(21)14-5-1-2-6-14/h3-4,7-8,14H,1-2,5-6,9-13H2. The molecule has 1 aromatic rings. The highest BCUT2D eigenvalue weighted by molar-refractivity contribution is 6.31. The molecule has 2 aliphatic rings. The van der Waals surface area contributed by atoms with Crippen molar-refractivity contribution >= 4 is 17.5 Å². The van der Waals surface area contributed by atoms with Gasteiger partial charge in [-0.15, -0.1) is 0 Å². The van der Waals surface area contributed by atoms with Crippen LogP contribution in [0.5, 0.6) is 0 Å². The van der Waals surface area contributed by atoms with Crippen molar-refractivity contribution in [1.29, 1.82) is 0 Å². The van der Waals surface area contributed by atoms with Gasteiger partial charge >= 0.3 is 0 Å². The summed E-state index contributed by atoms with van der Waals surface area (Å²) in [5.41, 5.74) is 1.18. The first kappa shape index (κ1) is 14.9. The van der Waals surface area contributed by atoms with E-state index >= 15 is 0 Å². The largest absolute Gasteiger partial charge is 0.340 e. The summed E-state index contributed by atoms with van der Waals surface area (Å²) in [5.74, 6) is 0.699. The van der Waals surface area contributed by atoms with Crippen LogP contribution in [-0.4, -0.2) is 41.9 Å². The predicted octanol–water partition coefficient (Wildman–Crippen LogP) is 3.17.